The third kappa shape index (κ3) is 4.80. The van der Waals surface area contributed by atoms with E-state index in [1.54, 1.807) is 31.4 Å². The molecule has 0 N–H and O–H groups in total. The Hall–Kier alpha value is -3.13. The summed E-state index contributed by atoms with van der Waals surface area (Å²) in [6.07, 6.45) is 0.871. The number of hydrogen-bond donors (Lipinski definition) is 0. The van der Waals surface area contributed by atoms with Crippen LogP contribution in [0.3, 0.4) is 0 Å². The third-order valence-electron chi connectivity index (χ3n) is 5.53. The standard InChI is InChI=1S/C23H26FN3O4/c1-16(28)17-4-6-21(22(14-17)29-2)30-13-3-8-26-9-11-27(12-10-26)23-19-15-18(24)5-7-20(19)31-25-23/h4-7,14-15H,3,8-13H2,1-2H3. The van der Waals surface area contributed by atoms with Gasteiger partial charge in [0.15, 0.2) is 28.7 Å². The van der Waals surface area contributed by atoms with Crippen molar-refractivity contribution in [2.75, 3.05) is 51.3 Å². The first-order valence-electron chi connectivity index (χ1n) is 10.4. The Morgan fingerprint density at radius 3 is 2.68 bits per heavy atom. The molecule has 1 aliphatic heterocycles. The van der Waals surface area contributed by atoms with Crippen molar-refractivity contribution in [1.82, 2.24) is 10.1 Å². The van der Waals surface area contributed by atoms with Crippen LogP contribution in [0.5, 0.6) is 11.5 Å². The fourth-order valence-corrected chi connectivity index (χ4v) is 3.79. The predicted octanol–water partition coefficient (Wildman–Crippen LogP) is 3.77. The van der Waals surface area contributed by atoms with E-state index in [1.807, 2.05) is 0 Å². The third-order valence-corrected chi connectivity index (χ3v) is 5.53. The topological polar surface area (TPSA) is 68.0 Å². The minimum absolute atomic E-state index is 0.00672. The molecular weight excluding hydrogens is 401 g/mol. The second kappa shape index (κ2) is 9.34. The number of carbonyl (C=O) groups is 1. The fraction of sp³-hybridized carbons (Fsp3) is 0.391. The zero-order chi connectivity index (χ0) is 21.8. The monoisotopic (exact) mass is 427 g/mol. The van der Waals surface area contributed by atoms with Crippen molar-refractivity contribution in [1.29, 1.82) is 0 Å². The highest BCUT2D eigenvalue weighted by molar-refractivity contribution is 5.94. The minimum atomic E-state index is -0.289. The van der Waals surface area contributed by atoms with Gasteiger partial charge >= 0.3 is 0 Å². The highest BCUT2D eigenvalue weighted by atomic mass is 19.1. The van der Waals surface area contributed by atoms with Gasteiger partial charge in [0.05, 0.1) is 19.1 Å². The number of nitrogens with zero attached hydrogens (tertiary/aromatic N) is 3. The molecule has 1 saturated heterocycles. The van der Waals surface area contributed by atoms with Crippen molar-refractivity contribution in [2.24, 2.45) is 0 Å². The van der Waals surface area contributed by atoms with E-state index in [2.05, 4.69) is 15.0 Å². The zero-order valence-corrected chi connectivity index (χ0v) is 17.8. The molecule has 0 unspecified atom stereocenters. The average Bonchev–Trinajstić information content (AvgIpc) is 3.20. The van der Waals surface area contributed by atoms with Gasteiger partial charge in [-0.05, 0) is 49.7 Å². The Morgan fingerprint density at radius 1 is 1.13 bits per heavy atom. The molecule has 0 amide bonds. The Bertz CT molecular complexity index is 1060. The van der Waals surface area contributed by atoms with Crippen LogP contribution in [0.15, 0.2) is 40.9 Å². The molecule has 0 bridgehead atoms. The summed E-state index contributed by atoms with van der Waals surface area (Å²) < 4.78 is 30.1. The molecule has 164 valence electrons. The maximum absolute atomic E-state index is 13.6. The zero-order valence-electron chi connectivity index (χ0n) is 17.8. The highest BCUT2D eigenvalue weighted by Gasteiger charge is 2.21. The number of ketones is 1. The van der Waals surface area contributed by atoms with Crippen molar-refractivity contribution < 1.29 is 23.2 Å². The van der Waals surface area contributed by atoms with E-state index in [4.69, 9.17) is 14.0 Å². The van der Waals surface area contributed by atoms with E-state index in [9.17, 15) is 9.18 Å². The number of ether oxygens (including phenoxy) is 2. The molecule has 31 heavy (non-hydrogen) atoms. The molecule has 2 heterocycles. The molecule has 8 heteroatoms. The van der Waals surface area contributed by atoms with Crippen molar-refractivity contribution in [2.45, 2.75) is 13.3 Å². The number of halogens is 1. The number of rotatable bonds is 8. The van der Waals surface area contributed by atoms with Crippen LogP contribution in [-0.2, 0) is 0 Å². The number of anilines is 1. The summed E-state index contributed by atoms with van der Waals surface area (Å²) in [4.78, 5) is 16.0. The first-order valence-corrected chi connectivity index (χ1v) is 10.4. The van der Waals surface area contributed by atoms with Gasteiger partial charge in [-0.15, -0.1) is 0 Å². The van der Waals surface area contributed by atoms with Crippen LogP contribution in [0, 0.1) is 5.82 Å². The smallest absolute Gasteiger partial charge is 0.180 e. The van der Waals surface area contributed by atoms with Gasteiger partial charge in [0.1, 0.15) is 5.82 Å². The van der Waals surface area contributed by atoms with Crippen LogP contribution < -0.4 is 14.4 Å². The molecule has 1 aliphatic rings. The minimum Gasteiger partial charge on any atom is -0.493 e. The summed E-state index contributed by atoms with van der Waals surface area (Å²) in [5.41, 5.74) is 1.20. The van der Waals surface area contributed by atoms with Crippen molar-refractivity contribution in [3.8, 4) is 11.5 Å². The molecule has 3 aromatic rings. The van der Waals surface area contributed by atoms with E-state index < -0.39 is 0 Å². The molecule has 1 aromatic heterocycles. The lowest BCUT2D eigenvalue weighted by Crippen LogP contribution is -2.47. The molecular formula is C23H26FN3O4. The molecule has 7 nitrogen and oxygen atoms in total. The van der Waals surface area contributed by atoms with Gasteiger partial charge in [-0.25, -0.2) is 4.39 Å². The molecule has 1 fully saturated rings. The van der Waals surface area contributed by atoms with Crippen molar-refractivity contribution >= 4 is 22.6 Å². The number of methoxy groups -OCH3 is 1. The molecule has 4 rings (SSSR count). The van der Waals surface area contributed by atoms with Gasteiger partial charge in [0.25, 0.3) is 0 Å². The van der Waals surface area contributed by atoms with E-state index in [0.717, 1.165) is 39.1 Å². The SMILES string of the molecule is COc1cc(C(C)=O)ccc1OCCCN1CCN(c2noc3ccc(F)cc23)CC1. The summed E-state index contributed by atoms with van der Waals surface area (Å²) in [5, 5.41) is 4.85. The molecule has 0 atom stereocenters. The van der Waals surface area contributed by atoms with Gasteiger partial charge < -0.3 is 18.9 Å². The lowest BCUT2D eigenvalue weighted by Gasteiger charge is -2.34. The van der Waals surface area contributed by atoms with E-state index in [0.29, 0.717) is 40.5 Å². The summed E-state index contributed by atoms with van der Waals surface area (Å²) in [6.45, 7) is 6.39. The number of fused-ring (bicyclic) bond motifs is 1. The highest BCUT2D eigenvalue weighted by Crippen LogP contribution is 2.29. The lowest BCUT2D eigenvalue weighted by atomic mass is 10.1. The average molecular weight is 427 g/mol. The molecule has 0 spiro atoms. The largest absolute Gasteiger partial charge is 0.493 e. The quantitative estimate of drug-likeness (QED) is 0.400. The lowest BCUT2D eigenvalue weighted by molar-refractivity contribution is 0.101. The Morgan fingerprint density at radius 2 is 1.94 bits per heavy atom. The normalized spacial score (nSPS) is 14.7. The second-order valence-corrected chi connectivity index (χ2v) is 7.60. The van der Waals surface area contributed by atoms with Gasteiger partial charge in [0.2, 0.25) is 0 Å². The van der Waals surface area contributed by atoms with E-state index in [1.165, 1.54) is 19.1 Å². The number of Topliss-reactive ketones (excluding diaryl/α,β-unsaturated/α-hetero) is 1. The van der Waals surface area contributed by atoms with Gasteiger partial charge in [-0.3, -0.25) is 9.69 Å². The summed E-state index contributed by atoms with van der Waals surface area (Å²) in [6, 6.07) is 9.70. The van der Waals surface area contributed by atoms with Crippen LogP contribution in [0.25, 0.3) is 11.0 Å². The van der Waals surface area contributed by atoms with Crippen LogP contribution in [0.4, 0.5) is 10.2 Å². The van der Waals surface area contributed by atoms with E-state index >= 15 is 0 Å². The predicted molar refractivity (Wildman–Crippen MR) is 116 cm³/mol. The molecule has 0 radical (unpaired) electrons. The fourth-order valence-electron chi connectivity index (χ4n) is 3.79. The maximum Gasteiger partial charge on any atom is 0.180 e. The van der Waals surface area contributed by atoms with Gasteiger partial charge in [-0.1, -0.05) is 5.16 Å². The maximum atomic E-state index is 13.6. The number of benzene rings is 2. The Kier molecular flexibility index (Phi) is 6.36. The number of aromatic nitrogens is 1. The van der Waals surface area contributed by atoms with Crippen LogP contribution >= 0.6 is 0 Å². The number of carbonyl (C=O) groups excluding carboxylic acids is 1. The summed E-state index contributed by atoms with van der Waals surface area (Å²) in [7, 11) is 1.57. The van der Waals surface area contributed by atoms with Crippen LogP contribution in [0.1, 0.15) is 23.7 Å². The summed E-state index contributed by atoms with van der Waals surface area (Å²) >= 11 is 0. The van der Waals surface area contributed by atoms with Crippen LogP contribution in [-0.4, -0.2) is 62.3 Å². The first kappa shape index (κ1) is 21.1. The van der Waals surface area contributed by atoms with E-state index in [-0.39, 0.29) is 11.6 Å². The Labute approximate surface area is 180 Å². The second-order valence-electron chi connectivity index (χ2n) is 7.60. The molecule has 2 aromatic carbocycles. The van der Waals surface area contributed by atoms with Crippen LogP contribution in [0.2, 0.25) is 0 Å². The van der Waals surface area contributed by atoms with Gasteiger partial charge in [0, 0.05) is 38.3 Å². The first-order chi connectivity index (χ1) is 15.0. The molecule has 0 aliphatic carbocycles. The van der Waals surface area contributed by atoms with Crippen molar-refractivity contribution in [3.63, 3.8) is 0 Å². The number of hydrogen-bond acceptors (Lipinski definition) is 7. The van der Waals surface area contributed by atoms with Crippen molar-refractivity contribution in [3.05, 3.63) is 47.8 Å². The van der Waals surface area contributed by atoms with Gasteiger partial charge in [-0.2, -0.15) is 0 Å². The number of piperazine rings is 1. The molecule has 0 saturated carbocycles. The Balaban J connectivity index is 1.25. The summed E-state index contributed by atoms with van der Waals surface area (Å²) in [5.74, 6) is 1.62.